The van der Waals surface area contributed by atoms with Gasteiger partial charge in [-0.15, -0.1) is 0 Å². The summed E-state index contributed by atoms with van der Waals surface area (Å²) in [5, 5.41) is 0. The predicted molar refractivity (Wildman–Crippen MR) is 86.1 cm³/mol. The van der Waals surface area contributed by atoms with Crippen LogP contribution in [0.5, 0.6) is 0 Å². The number of benzene rings is 1. The second kappa shape index (κ2) is 5.47. The molecule has 0 radical (unpaired) electrons. The van der Waals surface area contributed by atoms with Gasteiger partial charge in [0.2, 0.25) is 0 Å². The van der Waals surface area contributed by atoms with E-state index in [1.165, 1.54) is 22.9 Å². The topological polar surface area (TPSA) is 20.3 Å². The molecule has 0 N–H and O–H groups in total. The van der Waals surface area contributed by atoms with Gasteiger partial charge < -0.3 is 0 Å². The van der Waals surface area contributed by atoms with E-state index in [0.29, 0.717) is 9.23 Å². The summed E-state index contributed by atoms with van der Waals surface area (Å²) >= 11 is 6.65. The molecule has 1 saturated heterocycles. The van der Waals surface area contributed by atoms with Crippen molar-refractivity contribution in [2.45, 2.75) is 33.7 Å². The van der Waals surface area contributed by atoms with Gasteiger partial charge in [-0.05, 0) is 44.9 Å². The molecule has 2 nitrogen and oxygen atoms in total. The summed E-state index contributed by atoms with van der Waals surface area (Å²) in [6, 6.07) is 6.33. The first-order valence-electron chi connectivity index (χ1n) is 6.24. The summed E-state index contributed by atoms with van der Waals surface area (Å²) in [5.74, 6) is 0.0185. The molecule has 4 heteroatoms. The Balaban J connectivity index is 2.35. The van der Waals surface area contributed by atoms with Gasteiger partial charge in [0, 0.05) is 6.04 Å². The lowest BCUT2D eigenvalue weighted by Gasteiger charge is -2.18. The maximum Gasteiger partial charge on any atom is 0.266 e. The van der Waals surface area contributed by atoms with E-state index in [2.05, 4.69) is 26.0 Å². The van der Waals surface area contributed by atoms with Crippen LogP contribution in [0.2, 0.25) is 0 Å². The van der Waals surface area contributed by atoms with E-state index in [4.69, 9.17) is 12.2 Å². The zero-order valence-corrected chi connectivity index (χ0v) is 13.2. The lowest BCUT2D eigenvalue weighted by Crippen LogP contribution is -2.34. The first-order valence-corrected chi connectivity index (χ1v) is 7.47. The summed E-state index contributed by atoms with van der Waals surface area (Å²) in [5.41, 5.74) is 3.48. The van der Waals surface area contributed by atoms with E-state index < -0.39 is 0 Å². The molecule has 0 saturated carbocycles. The van der Waals surface area contributed by atoms with Gasteiger partial charge >= 0.3 is 0 Å². The molecule has 1 heterocycles. The van der Waals surface area contributed by atoms with E-state index in [-0.39, 0.29) is 11.9 Å². The van der Waals surface area contributed by atoms with Crippen LogP contribution >= 0.6 is 24.0 Å². The van der Waals surface area contributed by atoms with Crippen LogP contribution in [0.1, 0.15) is 30.5 Å². The zero-order valence-electron chi connectivity index (χ0n) is 11.6. The molecule has 1 aromatic carbocycles. The molecule has 0 unspecified atom stereocenters. The van der Waals surface area contributed by atoms with Gasteiger partial charge in [-0.3, -0.25) is 9.69 Å². The number of thiocarbonyl (C=S) groups is 1. The Morgan fingerprint density at radius 1 is 1.32 bits per heavy atom. The van der Waals surface area contributed by atoms with E-state index in [0.717, 1.165) is 5.56 Å². The third-order valence-electron chi connectivity index (χ3n) is 3.05. The molecule has 1 aliphatic heterocycles. The summed E-state index contributed by atoms with van der Waals surface area (Å²) in [7, 11) is 0. The van der Waals surface area contributed by atoms with Crippen LogP contribution in [0.3, 0.4) is 0 Å². The van der Waals surface area contributed by atoms with Gasteiger partial charge in [-0.25, -0.2) is 0 Å². The number of rotatable bonds is 2. The second-order valence-corrected chi connectivity index (χ2v) is 6.68. The van der Waals surface area contributed by atoms with Crippen LogP contribution in [-0.2, 0) is 4.79 Å². The Morgan fingerprint density at radius 3 is 2.53 bits per heavy atom. The van der Waals surface area contributed by atoms with Gasteiger partial charge in [0.15, 0.2) is 0 Å². The molecule has 19 heavy (non-hydrogen) atoms. The average molecular weight is 291 g/mol. The van der Waals surface area contributed by atoms with Gasteiger partial charge in [0.25, 0.3) is 5.91 Å². The molecule has 1 aliphatic rings. The predicted octanol–water partition coefficient (Wildman–Crippen LogP) is 3.91. The average Bonchev–Trinajstić information content (AvgIpc) is 2.58. The highest BCUT2D eigenvalue weighted by Gasteiger charge is 2.33. The first-order chi connectivity index (χ1) is 8.90. The number of carbonyl (C=O) groups excluding carboxylic acids is 1. The fraction of sp³-hybridized carbons (Fsp3) is 0.333. The standard InChI is InChI=1S/C15H17NOS2/c1-9(2)16-14(17)13(19-15(16)18)8-12-6-5-10(3)7-11(12)4/h5-9H,1-4H3. The minimum Gasteiger partial charge on any atom is -0.290 e. The van der Waals surface area contributed by atoms with E-state index in [1.807, 2.05) is 26.0 Å². The molecule has 0 spiro atoms. The third kappa shape index (κ3) is 2.90. The number of thioether (sulfide) groups is 1. The number of hydrogen-bond donors (Lipinski definition) is 0. The van der Waals surface area contributed by atoms with E-state index in [1.54, 1.807) is 4.90 Å². The second-order valence-electron chi connectivity index (χ2n) is 5.01. The van der Waals surface area contributed by atoms with Crippen LogP contribution in [0.4, 0.5) is 0 Å². The molecule has 2 rings (SSSR count). The van der Waals surface area contributed by atoms with Crippen molar-refractivity contribution >= 4 is 40.3 Å². The van der Waals surface area contributed by atoms with E-state index >= 15 is 0 Å². The lowest BCUT2D eigenvalue weighted by atomic mass is 10.1. The van der Waals surface area contributed by atoms with Gasteiger partial charge in [-0.2, -0.15) is 0 Å². The summed E-state index contributed by atoms with van der Waals surface area (Å²) < 4.78 is 0.649. The van der Waals surface area contributed by atoms with Crippen molar-refractivity contribution in [3.05, 3.63) is 39.8 Å². The Labute approximate surface area is 123 Å². The Bertz CT molecular complexity index is 576. The maximum atomic E-state index is 12.3. The minimum atomic E-state index is 0.0185. The molecule has 100 valence electrons. The number of hydrogen-bond acceptors (Lipinski definition) is 3. The minimum absolute atomic E-state index is 0.0185. The summed E-state index contributed by atoms with van der Waals surface area (Å²) in [6.07, 6.45) is 1.94. The van der Waals surface area contributed by atoms with Crippen LogP contribution in [0.25, 0.3) is 6.08 Å². The zero-order chi connectivity index (χ0) is 14.2. The van der Waals surface area contributed by atoms with Gasteiger partial charge in [0.05, 0.1) is 4.91 Å². The quantitative estimate of drug-likeness (QED) is 0.608. The molecule has 1 amide bonds. The van der Waals surface area contributed by atoms with Crippen molar-refractivity contribution in [2.75, 3.05) is 0 Å². The SMILES string of the molecule is Cc1ccc(C=C2SC(=S)N(C(C)C)C2=O)c(C)c1. The Hall–Kier alpha value is -1.13. The molecule has 0 aliphatic carbocycles. The molecule has 0 bridgehead atoms. The van der Waals surface area contributed by atoms with Crippen molar-refractivity contribution in [2.24, 2.45) is 0 Å². The van der Waals surface area contributed by atoms with Crippen molar-refractivity contribution in [3.8, 4) is 0 Å². The molecular weight excluding hydrogens is 274 g/mol. The highest BCUT2D eigenvalue weighted by molar-refractivity contribution is 8.26. The smallest absolute Gasteiger partial charge is 0.266 e. The highest BCUT2D eigenvalue weighted by atomic mass is 32.2. The van der Waals surface area contributed by atoms with Crippen molar-refractivity contribution < 1.29 is 4.79 Å². The van der Waals surface area contributed by atoms with Gasteiger partial charge in [0.1, 0.15) is 4.32 Å². The fourth-order valence-electron chi connectivity index (χ4n) is 2.05. The molecule has 0 aromatic heterocycles. The number of aryl methyl sites for hydroxylation is 2. The van der Waals surface area contributed by atoms with Crippen molar-refractivity contribution in [3.63, 3.8) is 0 Å². The van der Waals surface area contributed by atoms with Gasteiger partial charge in [-0.1, -0.05) is 47.7 Å². The normalized spacial score (nSPS) is 17.9. The van der Waals surface area contributed by atoms with Crippen molar-refractivity contribution in [1.82, 2.24) is 4.90 Å². The first kappa shape index (κ1) is 14.3. The third-order valence-corrected chi connectivity index (χ3v) is 4.38. The van der Waals surface area contributed by atoms with Crippen LogP contribution in [-0.4, -0.2) is 21.2 Å². The lowest BCUT2D eigenvalue weighted by molar-refractivity contribution is -0.123. The molecule has 1 fully saturated rings. The summed E-state index contributed by atoms with van der Waals surface area (Å²) in [4.78, 5) is 14.7. The molecule has 0 atom stereocenters. The largest absolute Gasteiger partial charge is 0.290 e. The van der Waals surface area contributed by atoms with Crippen molar-refractivity contribution in [1.29, 1.82) is 0 Å². The highest BCUT2D eigenvalue weighted by Crippen LogP contribution is 2.34. The number of amides is 1. The maximum absolute atomic E-state index is 12.3. The summed E-state index contributed by atoms with van der Waals surface area (Å²) in [6.45, 7) is 8.08. The Morgan fingerprint density at radius 2 is 2.00 bits per heavy atom. The van der Waals surface area contributed by atoms with Crippen LogP contribution in [0, 0.1) is 13.8 Å². The fourth-order valence-corrected chi connectivity index (χ4v) is 3.57. The Kier molecular flexibility index (Phi) is 4.11. The molecule has 1 aromatic rings. The van der Waals surface area contributed by atoms with Crippen LogP contribution in [0.15, 0.2) is 23.1 Å². The molecular formula is C15H17NOS2. The number of carbonyl (C=O) groups is 1. The monoisotopic (exact) mass is 291 g/mol. The van der Waals surface area contributed by atoms with E-state index in [9.17, 15) is 4.79 Å². The number of nitrogens with zero attached hydrogens (tertiary/aromatic N) is 1. The van der Waals surface area contributed by atoms with Crippen LogP contribution < -0.4 is 0 Å².